The number of hydrogen-bond acceptors (Lipinski definition) is 3. The Labute approximate surface area is 110 Å². The zero-order chi connectivity index (χ0) is 13.0. The highest BCUT2D eigenvalue weighted by Gasteiger charge is 2.27. The van der Waals surface area contributed by atoms with Crippen LogP contribution in [0.25, 0.3) is 0 Å². The topological polar surface area (TPSA) is 58.4 Å². The molecule has 2 rings (SSSR count). The van der Waals surface area contributed by atoms with Crippen LogP contribution in [0.15, 0.2) is 0 Å². The summed E-state index contributed by atoms with van der Waals surface area (Å²) in [5.41, 5.74) is 5.36. The second kappa shape index (κ2) is 6.53. The van der Waals surface area contributed by atoms with Crippen molar-refractivity contribution in [2.75, 3.05) is 19.6 Å². The van der Waals surface area contributed by atoms with E-state index >= 15 is 0 Å². The van der Waals surface area contributed by atoms with Crippen LogP contribution in [-0.4, -0.2) is 42.5 Å². The van der Waals surface area contributed by atoms with E-state index in [1.807, 2.05) is 0 Å². The Kier molecular flexibility index (Phi) is 5.01. The number of piperidine rings is 1. The number of nitrogens with zero attached hydrogens (tertiary/aromatic N) is 1. The van der Waals surface area contributed by atoms with Crippen LogP contribution in [0.2, 0.25) is 0 Å². The second-order valence-corrected chi connectivity index (χ2v) is 5.83. The molecule has 1 saturated heterocycles. The lowest BCUT2D eigenvalue weighted by molar-refractivity contribution is -0.122. The molecule has 0 aromatic rings. The molecule has 18 heavy (non-hydrogen) atoms. The van der Waals surface area contributed by atoms with Gasteiger partial charge in [-0.15, -0.1) is 0 Å². The molecule has 0 radical (unpaired) electrons. The molecule has 4 heteroatoms. The quantitative estimate of drug-likeness (QED) is 0.789. The van der Waals surface area contributed by atoms with Crippen molar-refractivity contribution in [2.24, 2.45) is 11.7 Å². The van der Waals surface area contributed by atoms with E-state index in [2.05, 4.69) is 17.1 Å². The molecular formula is C14H27N3O. The van der Waals surface area contributed by atoms with Gasteiger partial charge in [0.1, 0.15) is 0 Å². The van der Waals surface area contributed by atoms with Crippen molar-refractivity contribution < 1.29 is 4.79 Å². The molecule has 0 unspecified atom stereocenters. The lowest BCUT2D eigenvalue weighted by Crippen LogP contribution is -2.47. The molecule has 1 aliphatic carbocycles. The largest absolute Gasteiger partial charge is 0.369 e. The number of carbonyl (C=O) groups is 1. The minimum atomic E-state index is -0.107. The third-order valence-corrected chi connectivity index (χ3v) is 4.64. The lowest BCUT2D eigenvalue weighted by Gasteiger charge is -2.36. The number of primary amides is 1. The van der Waals surface area contributed by atoms with Gasteiger partial charge in [-0.3, -0.25) is 4.79 Å². The SMILES string of the molecule is CCN1CCC(NC2CCC(C(N)=O)CC2)CC1. The summed E-state index contributed by atoms with van der Waals surface area (Å²) < 4.78 is 0. The van der Waals surface area contributed by atoms with Gasteiger partial charge in [0.05, 0.1) is 0 Å². The van der Waals surface area contributed by atoms with Gasteiger partial charge >= 0.3 is 0 Å². The van der Waals surface area contributed by atoms with E-state index in [-0.39, 0.29) is 11.8 Å². The van der Waals surface area contributed by atoms with Crippen LogP contribution in [0.4, 0.5) is 0 Å². The van der Waals surface area contributed by atoms with E-state index in [1.165, 1.54) is 32.5 Å². The van der Waals surface area contributed by atoms with Gasteiger partial charge in [-0.1, -0.05) is 6.92 Å². The minimum Gasteiger partial charge on any atom is -0.369 e. The molecule has 0 atom stereocenters. The standard InChI is InChI=1S/C14H27N3O/c1-2-17-9-7-13(8-10-17)16-12-5-3-11(4-6-12)14(15)18/h11-13,16H,2-10H2,1H3,(H2,15,18). The average molecular weight is 253 g/mol. The average Bonchev–Trinajstić information content (AvgIpc) is 2.40. The fourth-order valence-corrected chi connectivity index (χ4v) is 3.29. The summed E-state index contributed by atoms with van der Waals surface area (Å²) in [7, 11) is 0. The number of amides is 1. The minimum absolute atomic E-state index is 0.107. The van der Waals surface area contributed by atoms with E-state index in [4.69, 9.17) is 5.73 Å². The molecule has 0 aromatic heterocycles. The van der Waals surface area contributed by atoms with Crippen LogP contribution in [-0.2, 0) is 4.79 Å². The molecular weight excluding hydrogens is 226 g/mol. The Bertz CT molecular complexity index is 266. The van der Waals surface area contributed by atoms with Gasteiger partial charge in [-0.05, 0) is 58.2 Å². The molecule has 0 aromatic carbocycles. The smallest absolute Gasteiger partial charge is 0.220 e. The monoisotopic (exact) mass is 253 g/mol. The highest BCUT2D eigenvalue weighted by molar-refractivity contribution is 5.76. The fourth-order valence-electron chi connectivity index (χ4n) is 3.29. The Morgan fingerprint density at radius 3 is 2.17 bits per heavy atom. The van der Waals surface area contributed by atoms with Gasteiger partial charge < -0.3 is 16.0 Å². The molecule has 1 saturated carbocycles. The van der Waals surface area contributed by atoms with E-state index in [0.717, 1.165) is 25.7 Å². The van der Waals surface area contributed by atoms with Crippen molar-refractivity contribution in [1.29, 1.82) is 0 Å². The second-order valence-electron chi connectivity index (χ2n) is 5.83. The summed E-state index contributed by atoms with van der Waals surface area (Å²) in [5.74, 6) is 0.0229. The first-order valence-electron chi connectivity index (χ1n) is 7.46. The first-order chi connectivity index (χ1) is 8.69. The summed E-state index contributed by atoms with van der Waals surface area (Å²) in [6.07, 6.45) is 6.71. The highest BCUT2D eigenvalue weighted by atomic mass is 16.1. The van der Waals surface area contributed by atoms with Crippen molar-refractivity contribution in [1.82, 2.24) is 10.2 Å². The highest BCUT2D eigenvalue weighted by Crippen LogP contribution is 2.25. The van der Waals surface area contributed by atoms with Crippen molar-refractivity contribution in [3.05, 3.63) is 0 Å². The fraction of sp³-hybridized carbons (Fsp3) is 0.929. The molecule has 0 bridgehead atoms. The van der Waals surface area contributed by atoms with Gasteiger partial charge in [-0.25, -0.2) is 0 Å². The van der Waals surface area contributed by atoms with Gasteiger partial charge in [0, 0.05) is 18.0 Å². The van der Waals surface area contributed by atoms with Crippen molar-refractivity contribution >= 4 is 5.91 Å². The number of likely N-dealkylation sites (tertiary alicyclic amines) is 1. The summed E-state index contributed by atoms with van der Waals surface area (Å²) in [4.78, 5) is 13.6. The normalized spacial score (nSPS) is 31.4. The van der Waals surface area contributed by atoms with Crippen LogP contribution >= 0.6 is 0 Å². The maximum Gasteiger partial charge on any atom is 0.220 e. The maximum absolute atomic E-state index is 11.1. The lowest BCUT2D eigenvalue weighted by atomic mass is 9.85. The molecule has 2 fully saturated rings. The van der Waals surface area contributed by atoms with E-state index in [9.17, 15) is 4.79 Å². The first kappa shape index (κ1) is 13.8. The zero-order valence-electron chi connectivity index (χ0n) is 11.5. The van der Waals surface area contributed by atoms with E-state index < -0.39 is 0 Å². The van der Waals surface area contributed by atoms with Crippen molar-refractivity contribution in [3.63, 3.8) is 0 Å². The number of carbonyl (C=O) groups excluding carboxylic acids is 1. The molecule has 4 nitrogen and oxygen atoms in total. The predicted octanol–water partition coefficient (Wildman–Crippen LogP) is 1.10. The van der Waals surface area contributed by atoms with Crippen LogP contribution in [0, 0.1) is 5.92 Å². The summed E-state index contributed by atoms with van der Waals surface area (Å²) in [6, 6.07) is 1.29. The zero-order valence-corrected chi connectivity index (χ0v) is 11.5. The van der Waals surface area contributed by atoms with Gasteiger partial charge in [-0.2, -0.15) is 0 Å². The van der Waals surface area contributed by atoms with Crippen LogP contribution < -0.4 is 11.1 Å². The summed E-state index contributed by atoms with van der Waals surface area (Å²) >= 11 is 0. The molecule has 3 N–H and O–H groups in total. The molecule has 104 valence electrons. The van der Waals surface area contributed by atoms with Crippen LogP contribution in [0.5, 0.6) is 0 Å². The van der Waals surface area contributed by atoms with Gasteiger partial charge in [0.2, 0.25) is 5.91 Å². The predicted molar refractivity (Wildman–Crippen MR) is 73.2 cm³/mol. The third kappa shape index (κ3) is 3.69. The first-order valence-corrected chi connectivity index (χ1v) is 7.46. The Morgan fingerprint density at radius 2 is 1.67 bits per heavy atom. The van der Waals surface area contributed by atoms with Crippen molar-refractivity contribution in [3.8, 4) is 0 Å². The van der Waals surface area contributed by atoms with Gasteiger partial charge in [0.25, 0.3) is 0 Å². The van der Waals surface area contributed by atoms with Crippen LogP contribution in [0.3, 0.4) is 0 Å². The molecule has 0 spiro atoms. The Balaban J connectivity index is 1.67. The number of hydrogen-bond donors (Lipinski definition) is 2. The molecule has 1 amide bonds. The Hall–Kier alpha value is -0.610. The summed E-state index contributed by atoms with van der Waals surface area (Å²) in [6.45, 7) is 5.87. The Morgan fingerprint density at radius 1 is 1.11 bits per heavy atom. The van der Waals surface area contributed by atoms with E-state index in [1.54, 1.807) is 0 Å². The molecule has 1 heterocycles. The number of nitrogens with one attached hydrogen (secondary N) is 1. The van der Waals surface area contributed by atoms with Crippen molar-refractivity contribution in [2.45, 2.75) is 57.5 Å². The van der Waals surface area contributed by atoms with E-state index in [0.29, 0.717) is 12.1 Å². The molecule has 1 aliphatic heterocycles. The third-order valence-electron chi connectivity index (χ3n) is 4.64. The molecule has 2 aliphatic rings. The number of nitrogens with two attached hydrogens (primary N) is 1. The number of rotatable bonds is 4. The van der Waals surface area contributed by atoms with Crippen LogP contribution in [0.1, 0.15) is 45.4 Å². The maximum atomic E-state index is 11.1. The summed E-state index contributed by atoms with van der Waals surface area (Å²) in [5, 5.41) is 3.78. The van der Waals surface area contributed by atoms with Gasteiger partial charge in [0.15, 0.2) is 0 Å².